The highest BCUT2D eigenvalue weighted by Gasteiger charge is 2.41. The van der Waals surface area contributed by atoms with Crippen LogP contribution in [-0.4, -0.2) is 28.7 Å². The zero-order valence-electron chi connectivity index (χ0n) is 10.9. The van der Waals surface area contributed by atoms with Gasteiger partial charge in [0, 0.05) is 19.6 Å². The van der Waals surface area contributed by atoms with Gasteiger partial charge in [-0.25, -0.2) is 0 Å². The maximum atomic E-state index is 12.8. The number of likely N-dealkylation sites (tertiary alicyclic amines) is 1. The van der Waals surface area contributed by atoms with E-state index in [4.69, 9.17) is 0 Å². The van der Waals surface area contributed by atoms with E-state index in [1.807, 2.05) is 11.8 Å². The minimum atomic E-state index is -4.32. The summed E-state index contributed by atoms with van der Waals surface area (Å²) in [5.74, 6) is 0. The molecule has 1 heterocycles. The van der Waals surface area contributed by atoms with Crippen LogP contribution in [0.4, 0.5) is 13.2 Å². The summed E-state index contributed by atoms with van der Waals surface area (Å²) in [4.78, 5) is 1.85. The van der Waals surface area contributed by atoms with E-state index in [-0.39, 0.29) is 12.1 Å². The maximum absolute atomic E-state index is 12.8. The molecule has 1 aliphatic heterocycles. The smallest absolute Gasteiger partial charge is 0.387 e. The molecule has 19 heavy (non-hydrogen) atoms. The molecule has 0 bridgehead atoms. The first-order chi connectivity index (χ1) is 8.84. The molecule has 0 atom stereocenters. The Kier molecular flexibility index (Phi) is 3.87. The molecule has 0 aliphatic carbocycles. The highest BCUT2D eigenvalue weighted by Crippen LogP contribution is 2.34. The predicted molar refractivity (Wildman–Crippen MR) is 66.6 cm³/mol. The molecule has 0 radical (unpaired) electrons. The molecular weight excluding hydrogens is 255 g/mol. The molecule has 0 saturated carbocycles. The van der Waals surface area contributed by atoms with Gasteiger partial charge in [-0.1, -0.05) is 31.5 Å². The van der Waals surface area contributed by atoms with Crippen LogP contribution in [0.3, 0.4) is 0 Å². The fraction of sp³-hybridized carbons (Fsp3) is 0.571. The first kappa shape index (κ1) is 14.3. The van der Waals surface area contributed by atoms with Crippen LogP contribution in [0.15, 0.2) is 24.3 Å². The predicted octanol–water partition coefficient (Wildman–Crippen LogP) is 3.05. The second kappa shape index (κ2) is 5.13. The number of aliphatic hydroxyl groups is 1. The second-order valence-electron chi connectivity index (χ2n) is 5.27. The van der Waals surface area contributed by atoms with Crippen LogP contribution in [0.2, 0.25) is 0 Å². The summed E-state index contributed by atoms with van der Waals surface area (Å²) >= 11 is 0. The Morgan fingerprint density at radius 2 is 1.89 bits per heavy atom. The van der Waals surface area contributed by atoms with Gasteiger partial charge in [-0.15, -0.1) is 0 Å². The van der Waals surface area contributed by atoms with Crippen molar-refractivity contribution in [3.05, 3.63) is 35.4 Å². The number of alkyl halides is 3. The standard InChI is InChI=1S/C14H18F3NO/c1-2-7-13(19)9-18(10-13)8-11-5-3-4-6-12(11)14(15,16)17/h3-6,19H,2,7-10H2,1H3. The SMILES string of the molecule is CCCC1(O)CN(Cc2ccccc2C(F)(F)F)C1. The fourth-order valence-corrected chi connectivity index (χ4v) is 2.70. The van der Waals surface area contributed by atoms with Crippen molar-refractivity contribution < 1.29 is 18.3 Å². The largest absolute Gasteiger partial charge is 0.416 e. The lowest BCUT2D eigenvalue weighted by molar-refractivity contribution is -0.139. The Morgan fingerprint density at radius 3 is 2.47 bits per heavy atom. The number of β-amino-alcohol motifs (C(OH)–C–C–N with tert-alkyl or cyclic N) is 1. The monoisotopic (exact) mass is 273 g/mol. The zero-order valence-corrected chi connectivity index (χ0v) is 10.9. The highest BCUT2D eigenvalue weighted by molar-refractivity contribution is 5.30. The molecule has 1 aliphatic rings. The first-order valence-corrected chi connectivity index (χ1v) is 6.44. The summed E-state index contributed by atoms with van der Waals surface area (Å²) in [5, 5.41) is 10.0. The highest BCUT2D eigenvalue weighted by atomic mass is 19.4. The van der Waals surface area contributed by atoms with Gasteiger partial charge in [0.25, 0.3) is 0 Å². The first-order valence-electron chi connectivity index (χ1n) is 6.44. The number of rotatable bonds is 4. The van der Waals surface area contributed by atoms with Crippen LogP contribution < -0.4 is 0 Å². The molecule has 0 amide bonds. The molecule has 0 aromatic heterocycles. The summed E-state index contributed by atoms with van der Waals surface area (Å²) in [7, 11) is 0. The van der Waals surface area contributed by atoms with Crippen LogP contribution in [-0.2, 0) is 12.7 Å². The van der Waals surface area contributed by atoms with Gasteiger partial charge in [0.05, 0.1) is 11.2 Å². The number of benzene rings is 1. The van der Waals surface area contributed by atoms with Crippen molar-refractivity contribution in [1.29, 1.82) is 0 Å². The van der Waals surface area contributed by atoms with Crippen molar-refractivity contribution in [1.82, 2.24) is 4.90 Å². The normalized spacial score (nSPS) is 19.2. The van der Waals surface area contributed by atoms with Gasteiger partial charge < -0.3 is 5.11 Å². The van der Waals surface area contributed by atoms with Crippen molar-refractivity contribution in [3.8, 4) is 0 Å². The summed E-state index contributed by atoms with van der Waals surface area (Å²) in [5.41, 5.74) is -1.02. The van der Waals surface area contributed by atoms with E-state index < -0.39 is 17.3 Å². The number of halogens is 3. The van der Waals surface area contributed by atoms with Crippen LogP contribution in [0.5, 0.6) is 0 Å². The van der Waals surface area contributed by atoms with Crippen LogP contribution in [0.1, 0.15) is 30.9 Å². The van der Waals surface area contributed by atoms with E-state index in [0.29, 0.717) is 19.5 Å². The van der Waals surface area contributed by atoms with Crippen molar-refractivity contribution >= 4 is 0 Å². The lowest BCUT2D eigenvalue weighted by atomic mass is 9.88. The lowest BCUT2D eigenvalue weighted by Gasteiger charge is -2.47. The van der Waals surface area contributed by atoms with Crippen LogP contribution >= 0.6 is 0 Å². The van der Waals surface area contributed by atoms with Gasteiger partial charge in [-0.3, -0.25) is 4.90 Å². The fourth-order valence-electron chi connectivity index (χ4n) is 2.70. The average molecular weight is 273 g/mol. The van der Waals surface area contributed by atoms with Gasteiger partial charge in [0.2, 0.25) is 0 Å². The minimum absolute atomic E-state index is 0.238. The van der Waals surface area contributed by atoms with E-state index in [0.717, 1.165) is 12.5 Å². The Morgan fingerprint density at radius 1 is 1.26 bits per heavy atom. The third-order valence-corrected chi connectivity index (χ3v) is 3.47. The quantitative estimate of drug-likeness (QED) is 0.911. The Hall–Kier alpha value is -1.07. The number of hydrogen-bond donors (Lipinski definition) is 1. The van der Waals surface area contributed by atoms with Crippen molar-refractivity contribution in [3.63, 3.8) is 0 Å². The Bertz CT molecular complexity index is 439. The van der Waals surface area contributed by atoms with Crippen molar-refractivity contribution in [2.75, 3.05) is 13.1 Å². The molecular formula is C14H18F3NO. The summed E-state index contributed by atoms with van der Waals surface area (Å²) in [6, 6.07) is 5.62. The van der Waals surface area contributed by atoms with Gasteiger partial charge in [0.15, 0.2) is 0 Å². The van der Waals surface area contributed by atoms with E-state index in [1.165, 1.54) is 12.1 Å². The van der Waals surface area contributed by atoms with E-state index >= 15 is 0 Å². The van der Waals surface area contributed by atoms with Crippen LogP contribution in [0, 0.1) is 0 Å². The summed E-state index contributed by atoms with van der Waals surface area (Å²) in [6.07, 6.45) is -2.74. The molecule has 1 N–H and O–H groups in total. The molecule has 1 aromatic carbocycles. The molecule has 0 spiro atoms. The Balaban J connectivity index is 2.02. The number of hydrogen-bond acceptors (Lipinski definition) is 2. The van der Waals surface area contributed by atoms with E-state index in [9.17, 15) is 18.3 Å². The minimum Gasteiger partial charge on any atom is -0.387 e. The molecule has 5 heteroatoms. The molecule has 2 rings (SSSR count). The summed E-state index contributed by atoms with van der Waals surface area (Å²) < 4.78 is 38.5. The average Bonchev–Trinajstić information content (AvgIpc) is 2.26. The molecule has 1 saturated heterocycles. The third kappa shape index (κ3) is 3.28. The van der Waals surface area contributed by atoms with Gasteiger partial charge in [0.1, 0.15) is 0 Å². The maximum Gasteiger partial charge on any atom is 0.416 e. The lowest BCUT2D eigenvalue weighted by Crippen LogP contribution is -2.61. The van der Waals surface area contributed by atoms with Crippen LogP contribution in [0.25, 0.3) is 0 Å². The molecule has 2 nitrogen and oxygen atoms in total. The zero-order chi connectivity index (χ0) is 14.1. The Labute approximate surface area is 110 Å². The van der Waals surface area contributed by atoms with Gasteiger partial charge in [-0.2, -0.15) is 13.2 Å². The van der Waals surface area contributed by atoms with Crippen molar-refractivity contribution in [2.24, 2.45) is 0 Å². The topological polar surface area (TPSA) is 23.5 Å². The molecule has 1 aromatic rings. The third-order valence-electron chi connectivity index (χ3n) is 3.47. The van der Waals surface area contributed by atoms with E-state index in [2.05, 4.69) is 0 Å². The van der Waals surface area contributed by atoms with Gasteiger partial charge >= 0.3 is 6.18 Å². The number of nitrogens with zero attached hydrogens (tertiary/aromatic N) is 1. The summed E-state index contributed by atoms with van der Waals surface area (Å²) in [6.45, 7) is 3.13. The molecule has 106 valence electrons. The molecule has 1 fully saturated rings. The second-order valence-corrected chi connectivity index (χ2v) is 5.27. The van der Waals surface area contributed by atoms with Gasteiger partial charge in [-0.05, 0) is 18.1 Å². The molecule has 0 unspecified atom stereocenters. The van der Waals surface area contributed by atoms with Crippen molar-refractivity contribution in [2.45, 2.75) is 38.1 Å². The van der Waals surface area contributed by atoms with E-state index in [1.54, 1.807) is 6.07 Å².